The molecule has 0 saturated carbocycles. The maximum atomic E-state index is 10.4. The second kappa shape index (κ2) is 16.5. The van der Waals surface area contributed by atoms with E-state index in [1.807, 2.05) is 12.2 Å². The van der Waals surface area contributed by atoms with Crippen LogP contribution in [0, 0.1) is 6.08 Å². The van der Waals surface area contributed by atoms with Crippen LogP contribution in [0.25, 0.3) is 5.57 Å². The van der Waals surface area contributed by atoms with E-state index in [0.29, 0.717) is 6.61 Å². The normalized spacial score (nSPS) is 13.9. The van der Waals surface area contributed by atoms with Crippen LogP contribution >= 0.6 is 0 Å². The number of likely N-dealkylation sites (N-methyl/N-ethyl adjacent to an activating group) is 1. The lowest BCUT2D eigenvalue weighted by Crippen LogP contribution is -2.45. The summed E-state index contributed by atoms with van der Waals surface area (Å²) in [5.41, 5.74) is 3.72. The molecule has 1 aliphatic carbocycles. The van der Waals surface area contributed by atoms with E-state index in [4.69, 9.17) is 20.1 Å². The molecule has 9 nitrogen and oxygen atoms in total. The largest absolute Gasteiger partial charge is 0.492 e. The third-order valence-corrected chi connectivity index (χ3v) is 5.97. The Kier molecular flexibility index (Phi) is 13.2. The summed E-state index contributed by atoms with van der Waals surface area (Å²) in [7, 11) is 4.11. The van der Waals surface area contributed by atoms with Crippen molar-refractivity contribution < 1.29 is 39.2 Å². The topological polar surface area (TPSA) is 134 Å². The maximum Gasteiger partial charge on any atom is 0.339 e. The van der Waals surface area contributed by atoms with Gasteiger partial charge in [-0.25, -0.2) is 4.79 Å². The van der Waals surface area contributed by atoms with E-state index in [9.17, 15) is 14.4 Å². The Hall–Kier alpha value is -4.56. The van der Waals surface area contributed by atoms with Gasteiger partial charge in [0, 0.05) is 12.6 Å². The van der Waals surface area contributed by atoms with Gasteiger partial charge in [-0.3, -0.25) is 9.59 Å². The average molecular weight is 563 g/mol. The highest BCUT2D eigenvalue weighted by molar-refractivity contribution is 5.86. The minimum absolute atomic E-state index is 0.0737. The van der Waals surface area contributed by atoms with Crippen molar-refractivity contribution in [2.24, 2.45) is 0 Å². The summed E-state index contributed by atoms with van der Waals surface area (Å²) in [6, 6.07) is 19.1. The molecule has 1 atom stereocenters. The Morgan fingerprint density at radius 2 is 1.68 bits per heavy atom. The molecule has 0 bridgehead atoms. The first-order chi connectivity index (χ1) is 19.6. The number of carbonyl (C=O) groups excluding carboxylic acids is 1. The molecule has 1 unspecified atom stereocenters. The second-order valence-corrected chi connectivity index (χ2v) is 9.35. The highest BCUT2D eigenvalue weighted by Gasteiger charge is 2.39. The van der Waals surface area contributed by atoms with Crippen LogP contribution in [0.2, 0.25) is 0 Å². The number of aliphatic carboxylic acids is 2. The van der Waals surface area contributed by atoms with E-state index in [1.165, 1.54) is 27.8 Å². The van der Waals surface area contributed by atoms with Gasteiger partial charge in [-0.1, -0.05) is 49.4 Å². The zero-order valence-electron chi connectivity index (χ0n) is 23.4. The lowest BCUT2D eigenvalue weighted by Gasteiger charge is -2.19. The van der Waals surface area contributed by atoms with E-state index in [1.54, 1.807) is 0 Å². The minimum Gasteiger partial charge on any atom is -0.492 e. The Morgan fingerprint density at radius 3 is 2.20 bits per heavy atom. The molecule has 41 heavy (non-hydrogen) atoms. The summed E-state index contributed by atoms with van der Waals surface area (Å²) in [5.74, 6) is -2.35. The van der Waals surface area contributed by atoms with E-state index < -0.39 is 30.6 Å². The standard InChI is InChI=1S/C26H28NO.C6H8O7/c1-4-25(21-11-7-5-8-12-21)26(22-13-9-6-10-14-22)23-15-17-24(18-16-23)28-20-19-27(2)3;7-3-13-2-6(12,5(10)11)1-4(8)9/h6-18H,4,19-20H2,1-3H3;3,12H,1-2H2,(H,8,9)(H,10,11)/q+1;/b26-25-;. The summed E-state index contributed by atoms with van der Waals surface area (Å²) in [4.78, 5) is 32.3. The zero-order valence-corrected chi connectivity index (χ0v) is 23.4. The molecule has 0 aliphatic heterocycles. The van der Waals surface area contributed by atoms with Crippen molar-refractivity contribution in [3.8, 4) is 5.75 Å². The smallest absolute Gasteiger partial charge is 0.339 e. The number of ether oxygens (including phenoxy) is 2. The lowest BCUT2D eigenvalue weighted by molar-refractivity contribution is -0.172. The number of hydrogen-bond donors (Lipinski definition) is 3. The summed E-state index contributed by atoms with van der Waals surface area (Å²) in [5, 5.41) is 25.8. The Morgan fingerprint density at radius 1 is 1.02 bits per heavy atom. The number of hydrogen-bond acceptors (Lipinski definition) is 7. The summed E-state index contributed by atoms with van der Waals surface area (Å²) in [6.07, 6.45) is 11.3. The molecule has 3 N–H and O–H groups in total. The van der Waals surface area contributed by atoms with Gasteiger partial charge >= 0.3 is 11.9 Å². The van der Waals surface area contributed by atoms with Crippen molar-refractivity contribution in [2.75, 3.05) is 33.9 Å². The van der Waals surface area contributed by atoms with Crippen molar-refractivity contribution in [2.45, 2.75) is 25.4 Å². The second-order valence-electron chi connectivity index (χ2n) is 9.35. The van der Waals surface area contributed by atoms with Crippen molar-refractivity contribution in [1.29, 1.82) is 0 Å². The Labute approximate surface area is 240 Å². The van der Waals surface area contributed by atoms with Crippen LogP contribution in [0.1, 0.15) is 30.9 Å². The van der Waals surface area contributed by atoms with Crippen LogP contribution in [0.4, 0.5) is 0 Å². The van der Waals surface area contributed by atoms with Crippen LogP contribution in [-0.2, 0) is 19.1 Å². The maximum absolute atomic E-state index is 10.4. The van der Waals surface area contributed by atoms with E-state index in [0.717, 1.165) is 18.7 Å². The fraction of sp³-hybridized carbons (Fsp3) is 0.281. The third-order valence-electron chi connectivity index (χ3n) is 5.97. The van der Waals surface area contributed by atoms with Crippen molar-refractivity contribution >= 4 is 24.0 Å². The molecule has 0 radical (unpaired) electrons. The van der Waals surface area contributed by atoms with Gasteiger partial charge in [-0.15, -0.1) is 0 Å². The van der Waals surface area contributed by atoms with Crippen LogP contribution in [-0.4, -0.2) is 78.1 Å². The highest BCUT2D eigenvalue weighted by atomic mass is 16.5. The Bertz CT molecular complexity index is 1280. The highest BCUT2D eigenvalue weighted by Crippen LogP contribution is 2.34. The average Bonchev–Trinajstić information content (AvgIpc) is 2.96. The van der Waals surface area contributed by atoms with Gasteiger partial charge in [0.25, 0.3) is 6.47 Å². The molecule has 1 aliphatic rings. The van der Waals surface area contributed by atoms with Crippen LogP contribution < -0.4 is 4.74 Å². The predicted molar refractivity (Wildman–Crippen MR) is 155 cm³/mol. The fourth-order valence-corrected chi connectivity index (χ4v) is 3.91. The molecular weight excluding hydrogens is 526 g/mol. The molecule has 0 spiro atoms. The Balaban J connectivity index is 0.000000383. The molecule has 0 saturated heterocycles. The number of benzene rings is 2. The molecule has 0 fully saturated rings. The summed E-state index contributed by atoms with van der Waals surface area (Å²) >= 11 is 0. The number of nitrogens with zero attached hydrogens (tertiary/aromatic N) is 1. The number of carboxylic acids is 2. The predicted octanol–water partition coefficient (Wildman–Crippen LogP) is 4.14. The molecule has 216 valence electrons. The number of rotatable bonds is 14. The molecule has 2 aromatic rings. The van der Waals surface area contributed by atoms with Crippen LogP contribution in [0.15, 0.2) is 90.0 Å². The number of aliphatic hydroxyl groups is 1. The van der Waals surface area contributed by atoms with E-state index >= 15 is 0 Å². The van der Waals surface area contributed by atoms with Crippen molar-refractivity contribution in [3.63, 3.8) is 0 Å². The van der Waals surface area contributed by atoms with E-state index in [2.05, 4.69) is 103 Å². The number of allylic oxidation sites excluding steroid dienone is 7. The van der Waals surface area contributed by atoms with Gasteiger partial charge in [0.1, 0.15) is 31.1 Å². The number of carbonyl (C=O) groups is 3. The summed E-state index contributed by atoms with van der Waals surface area (Å²) in [6.45, 7) is 2.85. The molecule has 0 heterocycles. The molecule has 3 rings (SSSR count). The SMILES string of the molecule is CC/C(C1=CC=[C+]C=C1)=C(\c1ccccc1)c1ccc(OCCN(C)C)cc1.O=COCC(O)(CC(=O)O)C(=O)O. The van der Waals surface area contributed by atoms with Gasteiger partial charge in [0.05, 0.1) is 24.1 Å². The monoisotopic (exact) mass is 562 g/mol. The first-order valence-electron chi connectivity index (χ1n) is 13.0. The minimum atomic E-state index is -2.56. The van der Waals surface area contributed by atoms with E-state index in [-0.39, 0.29) is 6.47 Å². The molecular formula is C32H36NO8+. The molecule has 2 aromatic carbocycles. The van der Waals surface area contributed by atoms with Gasteiger partial charge in [0.15, 0.2) is 0 Å². The van der Waals surface area contributed by atoms with Gasteiger partial charge in [-0.05, 0) is 54.9 Å². The molecule has 0 amide bonds. The van der Waals surface area contributed by atoms with Gasteiger partial charge in [0.2, 0.25) is 5.60 Å². The van der Waals surface area contributed by atoms with Gasteiger partial charge < -0.3 is 29.7 Å². The first kappa shape index (κ1) is 32.7. The first-order valence-corrected chi connectivity index (χ1v) is 13.0. The van der Waals surface area contributed by atoms with Crippen molar-refractivity contribution in [1.82, 2.24) is 4.90 Å². The fourth-order valence-electron chi connectivity index (χ4n) is 3.91. The third kappa shape index (κ3) is 10.5. The lowest BCUT2D eigenvalue weighted by atomic mass is 9.87. The molecule has 9 heteroatoms. The van der Waals surface area contributed by atoms with Crippen molar-refractivity contribution in [3.05, 3.63) is 107 Å². The summed E-state index contributed by atoms with van der Waals surface area (Å²) < 4.78 is 9.85. The van der Waals surface area contributed by atoms with Crippen LogP contribution in [0.5, 0.6) is 5.75 Å². The quantitative estimate of drug-likeness (QED) is 0.229. The zero-order chi connectivity index (χ0) is 30.3. The van der Waals surface area contributed by atoms with Crippen LogP contribution in [0.3, 0.4) is 0 Å². The van der Waals surface area contributed by atoms with Gasteiger partial charge in [-0.2, -0.15) is 0 Å². The molecule has 0 aromatic heterocycles. The number of carboxylic acid groups (broad SMARTS) is 2.